The SMILES string of the molecule is O=C(Cn1ccnn1)NCC(O)C(=O)O. The smallest absolute Gasteiger partial charge is 0.334 e. The minimum absolute atomic E-state index is 0.0632. The Hall–Kier alpha value is -1.96. The number of carbonyl (C=O) groups is 2. The molecule has 3 N–H and O–H groups in total. The van der Waals surface area contributed by atoms with Crippen LogP contribution in [-0.4, -0.2) is 49.7 Å². The van der Waals surface area contributed by atoms with E-state index in [1.165, 1.54) is 17.1 Å². The van der Waals surface area contributed by atoms with Crippen LogP contribution in [0.1, 0.15) is 0 Å². The van der Waals surface area contributed by atoms with Gasteiger partial charge in [0.25, 0.3) is 0 Å². The number of aliphatic carboxylic acids is 1. The van der Waals surface area contributed by atoms with E-state index in [1.54, 1.807) is 0 Å². The van der Waals surface area contributed by atoms with Crippen LogP contribution in [-0.2, 0) is 16.1 Å². The zero-order valence-electron chi connectivity index (χ0n) is 7.70. The molecule has 1 amide bonds. The summed E-state index contributed by atoms with van der Waals surface area (Å²) in [4.78, 5) is 21.3. The summed E-state index contributed by atoms with van der Waals surface area (Å²) >= 11 is 0. The Morgan fingerprint density at radius 1 is 1.53 bits per heavy atom. The maximum Gasteiger partial charge on any atom is 0.334 e. The van der Waals surface area contributed by atoms with Crippen molar-refractivity contribution < 1.29 is 19.8 Å². The maximum absolute atomic E-state index is 11.1. The molecule has 1 rings (SSSR count). The molecular formula is C7H10N4O4. The molecule has 0 saturated carbocycles. The molecule has 8 nitrogen and oxygen atoms in total. The van der Waals surface area contributed by atoms with Crippen LogP contribution in [0.5, 0.6) is 0 Å². The summed E-state index contributed by atoms with van der Waals surface area (Å²) in [6.07, 6.45) is 1.32. The number of rotatable bonds is 5. The molecule has 0 aromatic carbocycles. The summed E-state index contributed by atoms with van der Waals surface area (Å²) in [5, 5.41) is 26.5. The van der Waals surface area contributed by atoms with Crippen molar-refractivity contribution in [3.05, 3.63) is 12.4 Å². The highest BCUT2D eigenvalue weighted by Crippen LogP contribution is 1.83. The van der Waals surface area contributed by atoms with Gasteiger partial charge < -0.3 is 15.5 Å². The van der Waals surface area contributed by atoms with Crippen molar-refractivity contribution in [2.45, 2.75) is 12.6 Å². The van der Waals surface area contributed by atoms with Crippen molar-refractivity contribution in [1.82, 2.24) is 20.3 Å². The van der Waals surface area contributed by atoms with Gasteiger partial charge in [0.05, 0.1) is 12.7 Å². The van der Waals surface area contributed by atoms with Crippen LogP contribution in [0.4, 0.5) is 0 Å². The Labute approximate surface area is 84.5 Å². The first kappa shape index (κ1) is 11.1. The molecule has 8 heteroatoms. The molecule has 15 heavy (non-hydrogen) atoms. The average molecular weight is 214 g/mol. The number of carbonyl (C=O) groups excluding carboxylic acids is 1. The number of nitrogens with one attached hydrogen (secondary N) is 1. The minimum Gasteiger partial charge on any atom is -0.479 e. The van der Waals surface area contributed by atoms with Crippen LogP contribution in [0.3, 0.4) is 0 Å². The molecule has 82 valence electrons. The van der Waals surface area contributed by atoms with Crippen molar-refractivity contribution in [2.24, 2.45) is 0 Å². The van der Waals surface area contributed by atoms with Gasteiger partial charge >= 0.3 is 5.97 Å². The molecule has 0 fully saturated rings. The van der Waals surface area contributed by atoms with Crippen molar-refractivity contribution in [3.8, 4) is 0 Å². The van der Waals surface area contributed by atoms with Gasteiger partial charge in [-0.2, -0.15) is 0 Å². The predicted molar refractivity (Wildman–Crippen MR) is 46.7 cm³/mol. The lowest BCUT2D eigenvalue weighted by atomic mass is 10.3. The quantitative estimate of drug-likeness (QED) is 0.514. The third-order valence-electron chi connectivity index (χ3n) is 1.56. The van der Waals surface area contributed by atoms with E-state index in [1.807, 2.05) is 0 Å². The van der Waals surface area contributed by atoms with Crippen LogP contribution in [0, 0.1) is 0 Å². The second-order valence-electron chi connectivity index (χ2n) is 2.76. The third kappa shape index (κ3) is 3.73. The first-order valence-electron chi connectivity index (χ1n) is 4.11. The first-order valence-corrected chi connectivity index (χ1v) is 4.11. The number of aromatic nitrogens is 3. The number of aliphatic hydroxyl groups is 1. The van der Waals surface area contributed by atoms with E-state index >= 15 is 0 Å². The molecule has 0 radical (unpaired) electrons. The fourth-order valence-electron chi connectivity index (χ4n) is 0.818. The van der Waals surface area contributed by atoms with Crippen LogP contribution in [0.15, 0.2) is 12.4 Å². The van der Waals surface area contributed by atoms with Gasteiger partial charge in [-0.05, 0) is 0 Å². The molecule has 0 aliphatic heterocycles. The van der Waals surface area contributed by atoms with Crippen molar-refractivity contribution in [1.29, 1.82) is 0 Å². The van der Waals surface area contributed by atoms with Gasteiger partial charge in [-0.15, -0.1) is 5.10 Å². The molecule has 0 aliphatic rings. The van der Waals surface area contributed by atoms with Gasteiger partial charge in [0.2, 0.25) is 5.91 Å². The maximum atomic E-state index is 11.1. The Morgan fingerprint density at radius 3 is 2.80 bits per heavy atom. The van der Waals surface area contributed by atoms with Crippen LogP contribution in [0.2, 0.25) is 0 Å². The highest BCUT2D eigenvalue weighted by Gasteiger charge is 2.14. The van der Waals surface area contributed by atoms with Crippen molar-refractivity contribution in [3.63, 3.8) is 0 Å². The monoisotopic (exact) mass is 214 g/mol. The zero-order chi connectivity index (χ0) is 11.3. The predicted octanol–water partition coefficient (Wildman–Crippen LogP) is -2.16. The van der Waals surface area contributed by atoms with E-state index in [-0.39, 0.29) is 13.1 Å². The van der Waals surface area contributed by atoms with Gasteiger partial charge in [0, 0.05) is 6.20 Å². The third-order valence-corrected chi connectivity index (χ3v) is 1.56. The lowest BCUT2D eigenvalue weighted by Crippen LogP contribution is -2.38. The lowest BCUT2D eigenvalue weighted by Gasteiger charge is -2.07. The van der Waals surface area contributed by atoms with E-state index in [2.05, 4.69) is 15.6 Å². The summed E-state index contributed by atoms with van der Waals surface area (Å²) in [7, 11) is 0. The Bertz CT molecular complexity index is 337. The second-order valence-corrected chi connectivity index (χ2v) is 2.76. The largest absolute Gasteiger partial charge is 0.479 e. The molecule has 1 aromatic rings. The van der Waals surface area contributed by atoms with Gasteiger partial charge in [-0.3, -0.25) is 4.79 Å². The van der Waals surface area contributed by atoms with E-state index in [0.717, 1.165) is 0 Å². The Balaban J connectivity index is 2.28. The number of nitrogens with zero attached hydrogens (tertiary/aromatic N) is 3. The molecular weight excluding hydrogens is 204 g/mol. The number of hydrogen-bond donors (Lipinski definition) is 3. The van der Waals surface area contributed by atoms with E-state index in [0.29, 0.717) is 0 Å². The van der Waals surface area contributed by atoms with Crippen LogP contribution >= 0.6 is 0 Å². The average Bonchev–Trinajstić information content (AvgIpc) is 2.66. The minimum atomic E-state index is -1.59. The first-order chi connectivity index (χ1) is 7.09. The molecule has 1 unspecified atom stereocenters. The molecule has 0 saturated heterocycles. The number of carboxylic acid groups (broad SMARTS) is 1. The van der Waals surface area contributed by atoms with Crippen molar-refractivity contribution >= 4 is 11.9 Å². The van der Waals surface area contributed by atoms with Gasteiger partial charge in [-0.1, -0.05) is 5.21 Å². The molecule has 1 aromatic heterocycles. The number of amides is 1. The summed E-state index contributed by atoms with van der Waals surface area (Å²) in [5.74, 6) is -1.82. The van der Waals surface area contributed by atoms with E-state index in [4.69, 9.17) is 10.2 Å². The van der Waals surface area contributed by atoms with E-state index < -0.39 is 18.0 Å². The zero-order valence-corrected chi connectivity index (χ0v) is 7.70. The number of carboxylic acids is 1. The number of aliphatic hydroxyl groups excluding tert-OH is 1. The molecule has 0 bridgehead atoms. The number of hydrogen-bond acceptors (Lipinski definition) is 5. The lowest BCUT2D eigenvalue weighted by molar-refractivity contribution is -0.146. The topological polar surface area (TPSA) is 117 Å². The summed E-state index contributed by atoms with van der Waals surface area (Å²) in [6.45, 7) is -0.394. The Kier molecular flexibility index (Phi) is 3.75. The normalized spacial score (nSPS) is 12.1. The second kappa shape index (κ2) is 5.05. The summed E-state index contributed by atoms with van der Waals surface area (Å²) in [6, 6.07) is 0. The van der Waals surface area contributed by atoms with Gasteiger partial charge in [-0.25, -0.2) is 9.48 Å². The molecule has 0 spiro atoms. The van der Waals surface area contributed by atoms with Crippen LogP contribution < -0.4 is 5.32 Å². The van der Waals surface area contributed by atoms with E-state index in [9.17, 15) is 9.59 Å². The highest BCUT2D eigenvalue weighted by atomic mass is 16.4. The summed E-state index contributed by atoms with van der Waals surface area (Å²) in [5.41, 5.74) is 0. The molecule has 1 heterocycles. The fourth-order valence-corrected chi connectivity index (χ4v) is 0.818. The van der Waals surface area contributed by atoms with Crippen LogP contribution in [0.25, 0.3) is 0 Å². The van der Waals surface area contributed by atoms with Gasteiger partial charge in [0.1, 0.15) is 6.54 Å². The highest BCUT2D eigenvalue weighted by molar-refractivity contribution is 5.77. The molecule has 0 aliphatic carbocycles. The molecule has 1 atom stereocenters. The van der Waals surface area contributed by atoms with Gasteiger partial charge in [0.15, 0.2) is 6.10 Å². The van der Waals surface area contributed by atoms with Crippen molar-refractivity contribution in [2.75, 3.05) is 6.54 Å². The Morgan fingerprint density at radius 2 is 2.27 bits per heavy atom. The summed E-state index contributed by atoms with van der Waals surface area (Å²) < 4.78 is 1.28. The standard InChI is InChI=1S/C7H10N4O4/c12-5(7(14)15)3-8-6(13)4-11-2-1-9-10-11/h1-2,5,12H,3-4H2,(H,8,13)(H,14,15). The fraction of sp³-hybridized carbons (Fsp3) is 0.429.